The summed E-state index contributed by atoms with van der Waals surface area (Å²) in [5, 5.41) is 16.2. The first-order valence-electron chi connectivity index (χ1n) is 11.7. The van der Waals surface area contributed by atoms with Crippen molar-refractivity contribution in [1.82, 2.24) is 19.4 Å². The number of likely N-dealkylation sites (N-methyl/N-ethyl adjacent to an activating group) is 2. The number of nitro groups is 1. The molecule has 0 unspecified atom stereocenters. The van der Waals surface area contributed by atoms with Crippen LogP contribution >= 0.6 is 0 Å². The number of nitrogens with one attached hydrogen (secondary N) is 1. The molecule has 10 heteroatoms. The molecule has 0 radical (unpaired) electrons. The normalized spacial score (nSPS) is 11.2. The molecule has 0 aliphatic heterocycles. The van der Waals surface area contributed by atoms with Gasteiger partial charge in [-0.2, -0.15) is 0 Å². The molecule has 0 aliphatic rings. The number of benzene rings is 2. The number of methoxy groups -OCH3 is 1. The van der Waals surface area contributed by atoms with Crippen molar-refractivity contribution in [2.45, 2.75) is 6.92 Å². The first-order valence-corrected chi connectivity index (χ1v) is 11.7. The van der Waals surface area contributed by atoms with E-state index >= 15 is 0 Å². The smallest absolute Gasteiger partial charge is 0.294 e. The fourth-order valence-electron chi connectivity index (χ4n) is 4.23. The summed E-state index contributed by atoms with van der Waals surface area (Å²) in [6.07, 6.45) is 3.70. The average Bonchev–Trinajstić information content (AvgIpc) is 3.21. The van der Waals surface area contributed by atoms with Crippen LogP contribution in [0.2, 0.25) is 0 Å². The van der Waals surface area contributed by atoms with E-state index in [2.05, 4.69) is 27.0 Å². The van der Waals surface area contributed by atoms with Crippen LogP contribution in [0.5, 0.6) is 5.75 Å². The van der Waals surface area contributed by atoms with E-state index in [9.17, 15) is 10.1 Å². The summed E-state index contributed by atoms with van der Waals surface area (Å²) in [4.78, 5) is 24.7. The Morgan fingerprint density at radius 1 is 1.17 bits per heavy atom. The lowest BCUT2D eigenvalue weighted by Gasteiger charge is -2.25. The maximum absolute atomic E-state index is 12.0. The second-order valence-electron chi connectivity index (χ2n) is 8.74. The molecule has 0 amide bonds. The predicted octanol–water partition coefficient (Wildman–Crippen LogP) is 4.68. The van der Waals surface area contributed by atoms with Crippen LogP contribution in [-0.2, 0) is 7.05 Å². The van der Waals surface area contributed by atoms with Gasteiger partial charge in [0, 0.05) is 67.7 Å². The van der Waals surface area contributed by atoms with Crippen LogP contribution in [0.15, 0.2) is 54.9 Å². The predicted molar refractivity (Wildman–Crippen MR) is 143 cm³/mol. The van der Waals surface area contributed by atoms with Crippen LogP contribution in [-0.4, -0.2) is 65.2 Å². The molecular formula is C26H31N7O3. The number of para-hydroxylation sites is 1. The summed E-state index contributed by atoms with van der Waals surface area (Å²) < 4.78 is 7.66. The van der Waals surface area contributed by atoms with Crippen molar-refractivity contribution in [3.63, 3.8) is 0 Å². The van der Waals surface area contributed by atoms with Gasteiger partial charge in [-0.1, -0.05) is 18.2 Å². The Hall–Kier alpha value is -4.18. The molecule has 4 rings (SSSR count). The largest absolute Gasteiger partial charge is 0.494 e. The highest BCUT2D eigenvalue weighted by molar-refractivity contribution is 5.95. The highest BCUT2D eigenvalue weighted by Gasteiger charge is 2.23. The van der Waals surface area contributed by atoms with Crippen molar-refractivity contribution < 1.29 is 9.66 Å². The molecule has 188 valence electrons. The third kappa shape index (κ3) is 5.08. The maximum Gasteiger partial charge on any atom is 0.294 e. The van der Waals surface area contributed by atoms with Gasteiger partial charge in [-0.25, -0.2) is 9.97 Å². The molecule has 0 fully saturated rings. The topological polar surface area (TPSA) is 102 Å². The number of fused-ring (bicyclic) bond motifs is 1. The molecule has 4 aromatic rings. The zero-order valence-corrected chi connectivity index (χ0v) is 21.2. The fourth-order valence-corrected chi connectivity index (χ4v) is 4.23. The lowest BCUT2D eigenvalue weighted by molar-refractivity contribution is -0.384. The van der Waals surface area contributed by atoms with Gasteiger partial charge in [0.15, 0.2) is 0 Å². The second kappa shape index (κ2) is 10.6. The van der Waals surface area contributed by atoms with E-state index in [4.69, 9.17) is 9.72 Å². The average molecular weight is 490 g/mol. The van der Waals surface area contributed by atoms with Gasteiger partial charge in [-0.15, -0.1) is 0 Å². The molecular weight excluding hydrogens is 458 g/mol. The van der Waals surface area contributed by atoms with Crippen molar-refractivity contribution in [2.24, 2.45) is 7.05 Å². The molecule has 2 aromatic heterocycles. The number of hydrogen-bond acceptors (Lipinski definition) is 8. The van der Waals surface area contributed by atoms with E-state index in [0.29, 0.717) is 36.2 Å². The van der Waals surface area contributed by atoms with Crippen molar-refractivity contribution in [2.75, 3.05) is 51.1 Å². The zero-order valence-electron chi connectivity index (χ0n) is 21.2. The number of nitrogens with zero attached hydrogens (tertiary/aromatic N) is 6. The van der Waals surface area contributed by atoms with Crippen molar-refractivity contribution in [3.8, 4) is 17.0 Å². The molecule has 2 aromatic carbocycles. The Morgan fingerprint density at radius 3 is 2.64 bits per heavy atom. The summed E-state index contributed by atoms with van der Waals surface area (Å²) in [7, 11) is 7.49. The highest BCUT2D eigenvalue weighted by atomic mass is 16.6. The molecule has 1 N–H and O–H groups in total. The van der Waals surface area contributed by atoms with Crippen molar-refractivity contribution in [3.05, 3.63) is 65.0 Å². The Kier molecular flexibility index (Phi) is 7.35. The van der Waals surface area contributed by atoms with Crippen LogP contribution in [0.3, 0.4) is 0 Å². The van der Waals surface area contributed by atoms with Gasteiger partial charge in [0.1, 0.15) is 11.4 Å². The Labute approximate surface area is 210 Å². The number of hydrogen-bond donors (Lipinski definition) is 1. The Morgan fingerprint density at radius 2 is 1.94 bits per heavy atom. The maximum atomic E-state index is 12.0. The van der Waals surface area contributed by atoms with Crippen LogP contribution in [0, 0.1) is 10.1 Å². The molecule has 0 saturated heterocycles. The lowest BCUT2D eigenvalue weighted by atomic mass is 10.1. The first-order chi connectivity index (χ1) is 17.3. The lowest BCUT2D eigenvalue weighted by Crippen LogP contribution is -2.32. The quantitative estimate of drug-likeness (QED) is 0.253. The number of ether oxygens (including phenoxy) is 1. The summed E-state index contributed by atoms with van der Waals surface area (Å²) in [5.41, 5.74) is 3.75. The standard InChI is InChI=1S/C26H31N7O3/c1-6-32(14-13-30(2)3)23-16-25(36-5)21(15-24(23)33(34)35)29-26-27-12-11-20(28-26)19-17-31(4)22-10-8-7-9-18(19)22/h7-12,15-17H,6,13-14H2,1-5H3,(H,27,28,29). The molecule has 0 saturated carbocycles. The van der Waals surface area contributed by atoms with Gasteiger partial charge in [-0.05, 0) is 33.2 Å². The van der Waals surface area contributed by atoms with Gasteiger partial charge < -0.3 is 24.4 Å². The molecule has 2 heterocycles. The minimum atomic E-state index is -0.369. The zero-order chi connectivity index (χ0) is 25.8. The number of aryl methyl sites for hydroxylation is 1. The van der Waals surface area contributed by atoms with Crippen LogP contribution in [0.4, 0.5) is 23.0 Å². The highest BCUT2D eigenvalue weighted by Crippen LogP contribution is 2.39. The van der Waals surface area contributed by atoms with Gasteiger partial charge in [0.2, 0.25) is 5.95 Å². The summed E-state index contributed by atoms with van der Waals surface area (Å²) in [6.45, 7) is 4.02. The van der Waals surface area contributed by atoms with Gasteiger partial charge >= 0.3 is 0 Å². The monoisotopic (exact) mass is 489 g/mol. The first kappa shape index (κ1) is 24.9. The fraction of sp³-hybridized carbons (Fsp3) is 0.308. The summed E-state index contributed by atoms with van der Waals surface area (Å²) in [5.74, 6) is 0.791. The van der Waals surface area contributed by atoms with E-state index in [1.165, 1.54) is 6.07 Å². The van der Waals surface area contributed by atoms with E-state index in [0.717, 1.165) is 28.7 Å². The minimum Gasteiger partial charge on any atom is -0.494 e. The summed E-state index contributed by atoms with van der Waals surface area (Å²) in [6, 6.07) is 13.1. The molecule has 0 aliphatic carbocycles. The summed E-state index contributed by atoms with van der Waals surface area (Å²) >= 11 is 0. The van der Waals surface area contributed by atoms with Gasteiger partial charge in [0.25, 0.3) is 5.69 Å². The second-order valence-corrected chi connectivity index (χ2v) is 8.74. The third-order valence-corrected chi connectivity index (χ3v) is 6.11. The van der Waals surface area contributed by atoms with E-state index in [1.807, 2.05) is 62.3 Å². The number of anilines is 3. The number of rotatable bonds is 10. The Balaban J connectivity index is 1.71. The van der Waals surface area contributed by atoms with Crippen molar-refractivity contribution in [1.29, 1.82) is 0 Å². The van der Waals surface area contributed by atoms with Gasteiger partial charge in [0.05, 0.1) is 23.4 Å². The third-order valence-electron chi connectivity index (χ3n) is 6.11. The van der Waals surface area contributed by atoms with Crippen LogP contribution in [0.1, 0.15) is 6.92 Å². The van der Waals surface area contributed by atoms with Gasteiger partial charge in [-0.3, -0.25) is 10.1 Å². The molecule has 10 nitrogen and oxygen atoms in total. The molecule has 0 bridgehead atoms. The number of nitro benzene ring substituents is 1. The van der Waals surface area contributed by atoms with E-state index in [1.54, 1.807) is 19.4 Å². The van der Waals surface area contributed by atoms with Crippen molar-refractivity contribution >= 4 is 33.9 Å². The molecule has 36 heavy (non-hydrogen) atoms. The molecule has 0 spiro atoms. The van der Waals surface area contributed by atoms with Crippen LogP contribution < -0.4 is 15.0 Å². The molecule has 0 atom stereocenters. The Bertz CT molecular complexity index is 1380. The minimum absolute atomic E-state index is 0.0101. The van der Waals surface area contributed by atoms with E-state index < -0.39 is 0 Å². The van der Waals surface area contributed by atoms with Crippen LogP contribution in [0.25, 0.3) is 22.2 Å². The van der Waals surface area contributed by atoms with E-state index in [-0.39, 0.29) is 10.6 Å². The number of aromatic nitrogens is 3. The SMILES string of the molecule is CCN(CCN(C)C)c1cc(OC)c(Nc2nccc(-c3cn(C)c4ccccc34)n2)cc1[N+](=O)[O-].